The third-order valence-electron chi connectivity index (χ3n) is 6.23. The summed E-state index contributed by atoms with van der Waals surface area (Å²) >= 11 is 0. The van der Waals surface area contributed by atoms with Crippen molar-refractivity contribution in [3.8, 4) is 0 Å². The van der Waals surface area contributed by atoms with Crippen molar-refractivity contribution in [2.24, 2.45) is 0 Å². The SMILES string of the molecule is CN(Cc1cccc2c1C(=O)N(C1CCC(=O)NC1=O)C2)C1CCCNCC1. The maximum absolute atomic E-state index is 13.2. The first-order chi connectivity index (χ1) is 13.5. The number of rotatable bonds is 4. The van der Waals surface area contributed by atoms with Crippen molar-refractivity contribution in [3.05, 3.63) is 34.9 Å². The van der Waals surface area contributed by atoms with Gasteiger partial charge >= 0.3 is 0 Å². The maximum Gasteiger partial charge on any atom is 0.255 e. The molecular weight excluding hydrogens is 356 g/mol. The zero-order valence-electron chi connectivity index (χ0n) is 16.4. The minimum atomic E-state index is -0.559. The largest absolute Gasteiger partial charge is 0.322 e. The maximum atomic E-state index is 13.2. The number of carbonyl (C=O) groups excluding carboxylic acids is 3. The van der Waals surface area contributed by atoms with Crippen LogP contribution in [-0.4, -0.2) is 59.7 Å². The average Bonchev–Trinajstić information content (AvgIpc) is 2.85. The molecule has 2 fully saturated rings. The van der Waals surface area contributed by atoms with Crippen LogP contribution >= 0.6 is 0 Å². The number of nitrogens with one attached hydrogen (secondary N) is 2. The fraction of sp³-hybridized carbons (Fsp3) is 0.571. The Hall–Kier alpha value is -2.25. The number of carbonyl (C=O) groups is 3. The van der Waals surface area contributed by atoms with E-state index in [1.165, 1.54) is 6.42 Å². The highest BCUT2D eigenvalue weighted by molar-refractivity contribution is 6.05. The number of hydrogen-bond donors (Lipinski definition) is 2. The highest BCUT2D eigenvalue weighted by Crippen LogP contribution is 2.30. The van der Waals surface area contributed by atoms with Gasteiger partial charge in [-0.15, -0.1) is 0 Å². The molecule has 3 heterocycles. The first-order valence-corrected chi connectivity index (χ1v) is 10.2. The quantitative estimate of drug-likeness (QED) is 0.758. The molecule has 0 saturated carbocycles. The Morgan fingerprint density at radius 2 is 2.00 bits per heavy atom. The molecule has 7 nitrogen and oxygen atoms in total. The molecular formula is C21H28N4O3. The van der Waals surface area contributed by atoms with E-state index in [1.807, 2.05) is 18.2 Å². The van der Waals surface area contributed by atoms with E-state index in [4.69, 9.17) is 0 Å². The molecule has 28 heavy (non-hydrogen) atoms. The molecule has 2 atom stereocenters. The highest BCUT2D eigenvalue weighted by atomic mass is 16.2. The molecule has 0 aliphatic carbocycles. The van der Waals surface area contributed by atoms with Crippen LogP contribution in [0.5, 0.6) is 0 Å². The molecule has 1 aromatic rings. The molecule has 3 aliphatic rings. The summed E-state index contributed by atoms with van der Waals surface area (Å²) < 4.78 is 0. The number of piperidine rings is 1. The van der Waals surface area contributed by atoms with Crippen molar-refractivity contribution in [2.45, 2.75) is 57.3 Å². The first-order valence-electron chi connectivity index (χ1n) is 10.2. The molecule has 2 N–H and O–H groups in total. The number of nitrogens with zero attached hydrogens (tertiary/aromatic N) is 2. The average molecular weight is 384 g/mol. The third-order valence-corrected chi connectivity index (χ3v) is 6.23. The summed E-state index contributed by atoms with van der Waals surface area (Å²) in [6.45, 7) is 3.27. The Morgan fingerprint density at radius 1 is 1.14 bits per heavy atom. The lowest BCUT2D eigenvalue weighted by Gasteiger charge is -2.29. The molecule has 7 heteroatoms. The van der Waals surface area contributed by atoms with Gasteiger partial charge in [0.05, 0.1) is 0 Å². The smallest absolute Gasteiger partial charge is 0.255 e. The summed E-state index contributed by atoms with van der Waals surface area (Å²) in [6, 6.07) is 5.94. The van der Waals surface area contributed by atoms with Crippen LogP contribution in [0.15, 0.2) is 18.2 Å². The van der Waals surface area contributed by atoms with E-state index in [1.54, 1.807) is 4.90 Å². The van der Waals surface area contributed by atoms with Gasteiger partial charge in [-0.25, -0.2) is 0 Å². The molecule has 4 rings (SSSR count). The first kappa shape index (κ1) is 19.1. The Morgan fingerprint density at radius 3 is 2.82 bits per heavy atom. The predicted octanol–water partition coefficient (Wildman–Crippen LogP) is 1.02. The number of fused-ring (bicyclic) bond motifs is 1. The van der Waals surface area contributed by atoms with E-state index in [0.717, 1.165) is 49.2 Å². The Bertz CT molecular complexity index is 786. The number of hydrogen-bond acceptors (Lipinski definition) is 5. The normalized spacial score (nSPS) is 25.6. The number of benzene rings is 1. The Labute approximate surface area is 165 Å². The Kier molecular flexibility index (Phi) is 5.46. The van der Waals surface area contributed by atoms with Gasteiger partial charge in [0.25, 0.3) is 5.91 Å². The summed E-state index contributed by atoms with van der Waals surface area (Å²) in [5.41, 5.74) is 2.74. The molecule has 150 valence electrons. The fourth-order valence-corrected chi connectivity index (χ4v) is 4.66. The zero-order chi connectivity index (χ0) is 19.7. The van der Waals surface area contributed by atoms with Crippen molar-refractivity contribution in [1.29, 1.82) is 0 Å². The minimum Gasteiger partial charge on any atom is -0.322 e. The summed E-state index contributed by atoms with van der Waals surface area (Å²) in [7, 11) is 2.13. The summed E-state index contributed by atoms with van der Waals surface area (Å²) in [4.78, 5) is 40.9. The van der Waals surface area contributed by atoms with E-state index >= 15 is 0 Å². The zero-order valence-corrected chi connectivity index (χ0v) is 16.4. The highest BCUT2D eigenvalue weighted by Gasteiger charge is 2.40. The third kappa shape index (κ3) is 3.69. The van der Waals surface area contributed by atoms with Gasteiger partial charge in [0, 0.05) is 31.1 Å². The summed E-state index contributed by atoms with van der Waals surface area (Å²) in [6.07, 6.45) is 4.12. The van der Waals surface area contributed by atoms with Gasteiger partial charge in [-0.2, -0.15) is 0 Å². The second kappa shape index (κ2) is 8.01. The van der Waals surface area contributed by atoms with Crippen molar-refractivity contribution >= 4 is 17.7 Å². The van der Waals surface area contributed by atoms with E-state index < -0.39 is 6.04 Å². The van der Waals surface area contributed by atoms with Gasteiger partial charge in [-0.05, 0) is 56.9 Å². The van der Waals surface area contributed by atoms with Crippen LogP contribution in [0.4, 0.5) is 0 Å². The van der Waals surface area contributed by atoms with Gasteiger partial charge < -0.3 is 10.2 Å². The summed E-state index contributed by atoms with van der Waals surface area (Å²) in [5, 5.41) is 5.81. The van der Waals surface area contributed by atoms with E-state index in [9.17, 15) is 14.4 Å². The van der Waals surface area contributed by atoms with Crippen molar-refractivity contribution in [1.82, 2.24) is 20.4 Å². The van der Waals surface area contributed by atoms with Crippen LogP contribution in [0, 0.1) is 0 Å². The van der Waals surface area contributed by atoms with Gasteiger partial charge in [-0.1, -0.05) is 18.2 Å². The van der Waals surface area contributed by atoms with Crippen LogP contribution in [0.2, 0.25) is 0 Å². The summed E-state index contributed by atoms with van der Waals surface area (Å²) in [5.74, 6) is -0.705. The fourth-order valence-electron chi connectivity index (χ4n) is 4.66. The van der Waals surface area contributed by atoms with E-state index in [0.29, 0.717) is 19.0 Å². The number of imide groups is 1. The second-order valence-electron chi connectivity index (χ2n) is 8.10. The standard InChI is InChI=1S/C21H28N4O3/c1-24(16-6-3-10-22-11-9-16)12-14-4-2-5-15-13-25(21(28)19(14)15)17-7-8-18(26)23-20(17)27/h2,4-5,16-17,22H,3,6-13H2,1H3,(H,23,26,27). The van der Waals surface area contributed by atoms with Crippen molar-refractivity contribution in [2.75, 3.05) is 20.1 Å². The molecule has 1 aromatic carbocycles. The van der Waals surface area contributed by atoms with Gasteiger partial charge in [-0.3, -0.25) is 24.6 Å². The topological polar surface area (TPSA) is 81.8 Å². The second-order valence-corrected chi connectivity index (χ2v) is 8.10. The number of amides is 3. The van der Waals surface area contributed by atoms with Crippen LogP contribution in [0.1, 0.15) is 53.6 Å². The molecule has 2 unspecified atom stereocenters. The van der Waals surface area contributed by atoms with Gasteiger partial charge in [0.2, 0.25) is 11.8 Å². The van der Waals surface area contributed by atoms with Crippen molar-refractivity contribution < 1.29 is 14.4 Å². The van der Waals surface area contributed by atoms with Gasteiger partial charge in [0.1, 0.15) is 6.04 Å². The molecule has 3 aliphatic heterocycles. The van der Waals surface area contributed by atoms with Crippen molar-refractivity contribution in [3.63, 3.8) is 0 Å². The van der Waals surface area contributed by atoms with E-state index in [-0.39, 0.29) is 24.1 Å². The van der Waals surface area contributed by atoms with Gasteiger partial charge in [0.15, 0.2) is 0 Å². The molecule has 3 amide bonds. The Balaban J connectivity index is 1.51. The lowest BCUT2D eigenvalue weighted by molar-refractivity contribution is -0.136. The minimum absolute atomic E-state index is 0.0870. The lowest BCUT2D eigenvalue weighted by Crippen LogP contribution is -2.52. The molecule has 0 bridgehead atoms. The molecule has 0 spiro atoms. The molecule has 0 radical (unpaired) electrons. The van der Waals surface area contributed by atoms with Crippen LogP contribution in [0.25, 0.3) is 0 Å². The molecule has 2 saturated heterocycles. The predicted molar refractivity (Wildman–Crippen MR) is 104 cm³/mol. The van der Waals surface area contributed by atoms with Crippen LogP contribution < -0.4 is 10.6 Å². The van der Waals surface area contributed by atoms with Crippen LogP contribution in [0.3, 0.4) is 0 Å². The monoisotopic (exact) mass is 384 g/mol. The molecule has 0 aromatic heterocycles. The lowest BCUT2D eigenvalue weighted by atomic mass is 10.0. The van der Waals surface area contributed by atoms with Crippen LogP contribution in [-0.2, 0) is 22.7 Å². The van der Waals surface area contributed by atoms with E-state index in [2.05, 4.69) is 22.6 Å².